The van der Waals surface area contributed by atoms with Crippen LogP contribution >= 0.6 is 11.3 Å². The van der Waals surface area contributed by atoms with E-state index in [0.29, 0.717) is 19.7 Å². The molecule has 3 aromatic rings. The molecule has 6 heteroatoms. The second kappa shape index (κ2) is 6.93. The number of hydrogen-bond donors (Lipinski definition) is 2. The molecule has 2 heterocycles. The number of benzene rings is 1. The number of nitrogens with zero attached hydrogens (tertiary/aromatic N) is 2. The van der Waals surface area contributed by atoms with Crippen molar-refractivity contribution in [3.8, 4) is 16.9 Å². The zero-order chi connectivity index (χ0) is 16.2. The molecule has 0 saturated carbocycles. The predicted molar refractivity (Wildman–Crippen MR) is 96.3 cm³/mol. The van der Waals surface area contributed by atoms with Crippen LogP contribution in [0.4, 0.5) is 5.82 Å². The Balaban J connectivity index is 2.10. The van der Waals surface area contributed by atoms with Gasteiger partial charge in [0.25, 0.3) is 0 Å². The van der Waals surface area contributed by atoms with Crippen LogP contribution < -0.4 is 15.8 Å². The molecule has 3 N–H and O–H groups in total. The molecule has 0 aliphatic rings. The minimum Gasteiger partial charge on any atom is -0.494 e. The first-order chi connectivity index (χ1) is 11.2. The molecule has 2 aromatic heterocycles. The van der Waals surface area contributed by atoms with Gasteiger partial charge in [-0.1, -0.05) is 12.1 Å². The maximum Gasteiger partial charge on any atom is 0.138 e. The van der Waals surface area contributed by atoms with Crippen molar-refractivity contribution in [2.75, 3.05) is 25.0 Å². The summed E-state index contributed by atoms with van der Waals surface area (Å²) in [6.45, 7) is 6.01. The zero-order valence-electron chi connectivity index (χ0n) is 13.3. The lowest BCUT2D eigenvalue weighted by molar-refractivity contribution is 0.340. The first kappa shape index (κ1) is 15.7. The molecule has 0 bridgehead atoms. The van der Waals surface area contributed by atoms with Crippen LogP contribution in [0.3, 0.4) is 0 Å². The molecule has 0 aliphatic carbocycles. The lowest BCUT2D eigenvalue weighted by Gasteiger charge is -2.09. The van der Waals surface area contributed by atoms with E-state index in [9.17, 15) is 0 Å². The third-order valence-electron chi connectivity index (χ3n) is 3.56. The van der Waals surface area contributed by atoms with Crippen molar-refractivity contribution in [3.63, 3.8) is 0 Å². The molecule has 3 rings (SSSR count). The molecule has 5 nitrogen and oxygen atoms in total. The van der Waals surface area contributed by atoms with Crippen LogP contribution in [0.5, 0.6) is 5.75 Å². The first-order valence-electron chi connectivity index (χ1n) is 7.65. The Morgan fingerprint density at radius 1 is 1.22 bits per heavy atom. The van der Waals surface area contributed by atoms with Crippen molar-refractivity contribution >= 4 is 27.4 Å². The summed E-state index contributed by atoms with van der Waals surface area (Å²) in [5, 5.41) is 4.36. The normalized spacial score (nSPS) is 10.9. The fourth-order valence-electron chi connectivity index (χ4n) is 2.60. The maximum atomic E-state index is 5.60. The average molecular weight is 328 g/mol. The lowest BCUT2D eigenvalue weighted by atomic mass is 10.0. The van der Waals surface area contributed by atoms with Crippen LogP contribution in [0.1, 0.15) is 11.8 Å². The first-order valence-corrected chi connectivity index (χ1v) is 8.47. The van der Waals surface area contributed by atoms with Crippen molar-refractivity contribution in [2.45, 2.75) is 13.8 Å². The third-order valence-corrected chi connectivity index (χ3v) is 4.57. The molecule has 1 aromatic carbocycles. The summed E-state index contributed by atoms with van der Waals surface area (Å²) < 4.78 is 5.52. The molecule has 0 atom stereocenters. The van der Waals surface area contributed by atoms with Gasteiger partial charge in [-0.2, -0.15) is 0 Å². The molecule has 0 unspecified atom stereocenters. The molecule has 0 spiro atoms. The fraction of sp³-hybridized carbons (Fsp3) is 0.294. The van der Waals surface area contributed by atoms with Gasteiger partial charge in [0.1, 0.15) is 22.7 Å². The Morgan fingerprint density at radius 2 is 2.00 bits per heavy atom. The van der Waals surface area contributed by atoms with E-state index in [0.717, 1.165) is 27.3 Å². The number of anilines is 1. The van der Waals surface area contributed by atoms with E-state index in [1.807, 2.05) is 19.1 Å². The molecular formula is C17H20N4OS. The van der Waals surface area contributed by atoms with Gasteiger partial charge in [-0.25, -0.2) is 9.97 Å². The topological polar surface area (TPSA) is 73.1 Å². The Labute approximate surface area is 139 Å². The Bertz CT molecular complexity index is 798. The molecular weight excluding hydrogens is 308 g/mol. The Hall–Kier alpha value is -2.18. The van der Waals surface area contributed by atoms with Gasteiger partial charge in [0.15, 0.2) is 0 Å². The summed E-state index contributed by atoms with van der Waals surface area (Å²) in [4.78, 5) is 11.0. The second-order valence-electron chi connectivity index (χ2n) is 5.11. The largest absolute Gasteiger partial charge is 0.494 e. The van der Waals surface area contributed by atoms with Gasteiger partial charge in [0.2, 0.25) is 0 Å². The summed E-state index contributed by atoms with van der Waals surface area (Å²) in [5.74, 6) is 1.72. The van der Waals surface area contributed by atoms with E-state index in [1.54, 1.807) is 17.7 Å². The molecule has 0 radical (unpaired) electrons. The highest BCUT2D eigenvalue weighted by Crippen LogP contribution is 2.40. The van der Waals surface area contributed by atoms with Crippen molar-refractivity contribution < 1.29 is 4.74 Å². The number of thiophene rings is 1. The number of rotatable bonds is 6. The Morgan fingerprint density at radius 3 is 2.70 bits per heavy atom. The summed E-state index contributed by atoms with van der Waals surface area (Å²) in [6.07, 6.45) is 1.60. The number of hydrogen-bond acceptors (Lipinski definition) is 6. The lowest BCUT2D eigenvalue weighted by Crippen LogP contribution is -2.14. The van der Waals surface area contributed by atoms with E-state index in [2.05, 4.69) is 34.3 Å². The molecule has 0 aliphatic heterocycles. The van der Waals surface area contributed by atoms with Crippen LogP contribution in [0, 0.1) is 6.92 Å². The smallest absolute Gasteiger partial charge is 0.138 e. The molecule has 0 fully saturated rings. The van der Waals surface area contributed by atoms with Crippen LogP contribution in [-0.4, -0.2) is 29.7 Å². The number of ether oxygens (including phenoxy) is 1. The van der Waals surface area contributed by atoms with Crippen LogP contribution in [0.15, 0.2) is 30.6 Å². The van der Waals surface area contributed by atoms with Gasteiger partial charge in [-0.15, -0.1) is 11.3 Å². The van der Waals surface area contributed by atoms with E-state index in [1.165, 1.54) is 10.4 Å². The summed E-state index contributed by atoms with van der Waals surface area (Å²) >= 11 is 1.68. The quantitative estimate of drug-likeness (QED) is 0.725. The fourth-order valence-corrected chi connectivity index (χ4v) is 3.61. The van der Waals surface area contributed by atoms with E-state index < -0.39 is 0 Å². The number of aromatic nitrogens is 2. The molecule has 120 valence electrons. The van der Waals surface area contributed by atoms with Gasteiger partial charge >= 0.3 is 0 Å². The number of nitrogens with one attached hydrogen (secondary N) is 1. The van der Waals surface area contributed by atoms with Crippen LogP contribution in [-0.2, 0) is 0 Å². The Kier molecular flexibility index (Phi) is 4.73. The SMILES string of the molecule is CCOc1ccc(-c2c(C)sc3ncnc(NCCN)c23)cc1. The van der Waals surface area contributed by atoms with Crippen LogP contribution in [0.2, 0.25) is 0 Å². The zero-order valence-corrected chi connectivity index (χ0v) is 14.1. The van der Waals surface area contributed by atoms with Crippen molar-refractivity contribution in [2.24, 2.45) is 5.73 Å². The minimum absolute atomic E-state index is 0.563. The van der Waals surface area contributed by atoms with E-state index in [4.69, 9.17) is 10.5 Å². The maximum absolute atomic E-state index is 5.60. The minimum atomic E-state index is 0.563. The van der Waals surface area contributed by atoms with Gasteiger partial charge in [0, 0.05) is 23.5 Å². The van der Waals surface area contributed by atoms with Gasteiger partial charge in [0.05, 0.1) is 12.0 Å². The standard InChI is InChI=1S/C17H20N4OS/c1-3-22-13-6-4-12(5-7-13)14-11(2)23-17-15(14)16(19-9-8-18)20-10-21-17/h4-7,10H,3,8-9,18H2,1-2H3,(H,19,20,21). The highest BCUT2D eigenvalue weighted by molar-refractivity contribution is 7.19. The van der Waals surface area contributed by atoms with Crippen LogP contribution in [0.25, 0.3) is 21.3 Å². The van der Waals surface area contributed by atoms with Crippen molar-refractivity contribution in [3.05, 3.63) is 35.5 Å². The highest BCUT2D eigenvalue weighted by Gasteiger charge is 2.16. The number of aryl methyl sites for hydroxylation is 1. The number of nitrogens with two attached hydrogens (primary N) is 1. The van der Waals surface area contributed by atoms with E-state index >= 15 is 0 Å². The summed E-state index contributed by atoms with van der Waals surface area (Å²) in [7, 11) is 0. The second-order valence-corrected chi connectivity index (χ2v) is 6.31. The summed E-state index contributed by atoms with van der Waals surface area (Å²) in [5.41, 5.74) is 7.92. The summed E-state index contributed by atoms with van der Waals surface area (Å²) in [6, 6.07) is 8.16. The van der Waals surface area contributed by atoms with Gasteiger partial charge < -0.3 is 15.8 Å². The number of fused-ring (bicyclic) bond motifs is 1. The van der Waals surface area contributed by atoms with Crippen molar-refractivity contribution in [1.82, 2.24) is 9.97 Å². The third kappa shape index (κ3) is 3.13. The van der Waals surface area contributed by atoms with Gasteiger partial charge in [-0.3, -0.25) is 0 Å². The molecule has 23 heavy (non-hydrogen) atoms. The van der Waals surface area contributed by atoms with E-state index in [-0.39, 0.29) is 0 Å². The molecule has 0 saturated heterocycles. The average Bonchev–Trinajstić information content (AvgIpc) is 2.90. The monoisotopic (exact) mass is 328 g/mol. The highest BCUT2D eigenvalue weighted by atomic mass is 32.1. The van der Waals surface area contributed by atoms with Gasteiger partial charge in [-0.05, 0) is 31.5 Å². The molecule has 0 amide bonds. The predicted octanol–water partition coefficient (Wildman–Crippen LogP) is 3.44. The van der Waals surface area contributed by atoms with Crippen molar-refractivity contribution in [1.29, 1.82) is 0 Å².